The van der Waals surface area contributed by atoms with Gasteiger partial charge in [-0.1, -0.05) is 39.0 Å². The third-order valence-corrected chi connectivity index (χ3v) is 11.4. The zero-order chi connectivity index (χ0) is 23.6. The van der Waals surface area contributed by atoms with Crippen LogP contribution in [0.2, 0.25) is 0 Å². The fraction of sp³-hybridized carbons (Fsp3) is 0.793. The van der Waals surface area contributed by atoms with Crippen molar-refractivity contribution in [2.75, 3.05) is 18.5 Å². The lowest BCUT2D eigenvalue weighted by atomic mass is 9.41. The molecule has 186 valence electrons. The van der Waals surface area contributed by atoms with E-state index in [-0.39, 0.29) is 22.5 Å². The molecule has 1 aromatic rings. The monoisotopic (exact) mass is 467 g/mol. The van der Waals surface area contributed by atoms with E-state index in [0.717, 1.165) is 44.9 Å². The lowest BCUT2D eigenvalue weighted by molar-refractivity contribution is -0.343. The van der Waals surface area contributed by atoms with Gasteiger partial charge in [-0.3, -0.25) is 0 Å². The van der Waals surface area contributed by atoms with Crippen LogP contribution < -0.4 is 5.32 Å². The summed E-state index contributed by atoms with van der Waals surface area (Å²) in [6.45, 7) is 8.08. The van der Waals surface area contributed by atoms with Gasteiger partial charge in [0.05, 0.1) is 30.5 Å². The third kappa shape index (κ3) is 2.70. The number of fused-ring (bicyclic) bond motifs is 4. The number of anilines is 1. The van der Waals surface area contributed by atoms with Gasteiger partial charge < -0.3 is 25.0 Å². The lowest BCUT2D eigenvalue weighted by Gasteiger charge is -2.70. The molecule has 0 aromatic heterocycles. The molecule has 0 amide bonds. The summed E-state index contributed by atoms with van der Waals surface area (Å²) in [5.74, 6) is 1.15. The average molecular weight is 468 g/mol. The van der Waals surface area contributed by atoms with E-state index in [1.165, 1.54) is 11.3 Å². The number of hydrogen-bond acceptors (Lipinski definition) is 5. The molecule has 5 heteroatoms. The molecule has 1 aromatic carbocycles. The van der Waals surface area contributed by atoms with Gasteiger partial charge in [0, 0.05) is 23.9 Å². The molecule has 4 saturated carbocycles. The highest BCUT2D eigenvalue weighted by Gasteiger charge is 2.72. The first-order chi connectivity index (χ1) is 16.1. The Kier molecular flexibility index (Phi) is 4.41. The molecule has 7 rings (SSSR count). The van der Waals surface area contributed by atoms with Crippen LogP contribution >= 0.6 is 0 Å². The van der Waals surface area contributed by atoms with Crippen LogP contribution in [-0.4, -0.2) is 46.5 Å². The average Bonchev–Trinajstić information content (AvgIpc) is 3.11. The second-order valence-corrected chi connectivity index (χ2v) is 13.8. The Morgan fingerprint density at radius 2 is 1.74 bits per heavy atom. The number of nitrogens with one attached hydrogen (secondary N) is 1. The number of rotatable bonds is 0. The smallest absolute Gasteiger partial charge is 0.171 e. The largest absolute Gasteiger partial charge is 0.393 e. The second-order valence-electron chi connectivity index (χ2n) is 13.8. The molecule has 4 aliphatic carbocycles. The van der Waals surface area contributed by atoms with E-state index in [9.17, 15) is 10.2 Å². The van der Waals surface area contributed by atoms with Crippen LogP contribution in [0.5, 0.6) is 0 Å². The first kappa shape index (κ1) is 22.1. The normalized spacial score (nSPS) is 49.9. The Morgan fingerprint density at radius 1 is 0.971 bits per heavy atom. The second kappa shape index (κ2) is 6.79. The zero-order valence-corrected chi connectivity index (χ0v) is 21.0. The van der Waals surface area contributed by atoms with Crippen molar-refractivity contribution in [3.8, 4) is 0 Å². The number of hydrogen-bond donors (Lipinski definition) is 3. The van der Waals surface area contributed by atoms with Gasteiger partial charge in [-0.15, -0.1) is 0 Å². The number of para-hydroxylation sites is 1. The molecule has 34 heavy (non-hydrogen) atoms. The molecule has 5 nitrogen and oxygen atoms in total. The Hall–Kier alpha value is -1.14. The first-order valence-electron chi connectivity index (χ1n) is 13.7. The molecule has 2 heterocycles. The van der Waals surface area contributed by atoms with Crippen LogP contribution in [0.1, 0.15) is 83.6 Å². The van der Waals surface area contributed by atoms with Gasteiger partial charge in [0.1, 0.15) is 0 Å². The fourth-order valence-corrected chi connectivity index (χ4v) is 9.70. The Bertz CT molecular complexity index is 1000. The number of aliphatic hydroxyl groups is 2. The molecular weight excluding hydrogens is 426 g/mol. The molecule has 1 saturated heterocycles. The summed E-state index contributed by atoms with van der Waals surface area (Å²) in [4.78, 5) is 0. The van der Waals surface area contributed by atoms with E-state index in [2.05, 4.69) is 50.4 Å². The van der Waals surface area contributed by atoms with E-state index in [0.29, 0.717) is 43.3 Å². The maximum absolute atomic E-state index is 12.6. The van der Waals surface area contributed by atoms with E-state index in [1.54, 1.807) is 0 Å². The standard InChI is InChI=1S/C29H41NO4/c1-25(2)16-33-28(34-17-25)12-13-29-24-19(10-11-27(29,32)15-28)21-8-9-23(31)26(21,3)14-20(24)18-6-4-5-7-22(18)30-29/h4-7,19-21,23-24,30-32H,8-17H2,1-3H3/t19-,20?,21-,23-,24?,26-,27+,29-/m0/s1. The zero-order valence-electron chi connectivity index (χ0n) is 21.0. The van der Waals surface area contributed by atoms with Gasteiger partial charge in [-0.05, 0) is 79.2 Å². The van der Waals surface area contributed by atoms with Gasteiger partial charge in [0.15, 0.2) is 5.79 Å². The Morgan fingerprint density at radius 3 is 2.53 bits per heavy atom. The number of ether oxygens (including phenoxy) is 2. The molecule has 6 aliphatic rings. The summed E-state index contributed by atoms with van der Waals surface area (Å²) in [5.41, 5.74) is 1.33. The minimum absolute atomic E-state index is 0.0188. The molecule has 2 spiro atoms. The van der Waals surface area contributed by atoms with Gasteiger partial charge in [0.25, 0.3) is 0 Å². The Balaban J connectivity index is 1.33. The highest BCUT2D eigenvalue weighted by molar-refractivity contribution is 5.60. The SMILES string of the molecule is CC1(C)COC2(CC[C@@]34Nc5ccccc5C5C[C@]6(C)[C@@H](O)CC[C@H]6[C@H](CC[C@@]3(O)C2)C54)OC1. The maximum atomic E-state index is 12.6. The predicted octanol–water partition coefficient (Wildman–Crippen LogP) is 4.83. The quantitative estimate of drug-likeness (QED) is 0.510. The van der Waals surface area contributed by atoms with Gasteiger partial charge in [-0.25, -0.2) is 0 Å². The van der Waals surface area contributed by atoms with Crippen LogP contribution in [0.3, 0.4) is 0 Å². The molecule has 2 unspecified atom stereocenters. The molecule has 0 bridgehead atoms. The number of benzene rings is 1. The van der Waals surface area contributed by atoms with Gasteiger partial charge >= 0.3 is 0 Å². The van der Waals surface area contributed by atoms with Crippen molar-refractivity contribution in [2.24, 2.45) is 28.6 Å². The van der Waals surface area contributed by atoms with Crippen molar-refractivity contribution >= 4 is 5.69 Å². The molecule has 0 radical (unpaired) electrons. The van der Waals surface area contributed by atoms with E-state index >= 15 is 0 Å². The summed E-state index contributed by atoms with van der Waals surface area (Å²) >= 11 is 0. The van der Waals surface area contributed by atoms with Crippen LogP contribution in [0.25, 0.3) is 0 Å². The van der Waals surface area contributed by atoms with E-state index < -0.39 is 11.4 Å². The van der Waals surface area contributed by atoms with Crippen molar-refractivity contribution in [2.45, 2.75) is 101 Å². The Labute approximate surface area is 203 Å². The molecular formula is C29H41NO4. The van der Waals surface area contributed by atoms with E-state index in [4.69, 9.17) is 9.47 Å². The topological polar surface area (TPSA) is 71.0 Å². The predicted molar refractivity (Wildman–Crippen MR) is 130 cm³/mol. The summed E-state index contributed by atoms with van der Waals surface area (Å²) in [6.07, 6.45) is 6.88. The van der Waals surface area contributed by atoms with Gasteiger partial charge in [-0.2, -0.15) is 0 Å². The third-order valence-electron chi connectivity index (χ3n) is 11.4. The first-order valence-corrected chi connectivity index (χ1v) is 13.7. The van der Waals surface area contributed by atoms with Crippen LogP contribution in [-0.2, 0) is 9.47 Å². The van der Waals surface area contributed by atoms with Crippen molar-refractivity contribution in [3.63, 3.8) is 0 Å². The van der Waals surface area contributed by atoms with Crippen molar-refractivity contribution in [3.05, 3.63) is 29.8 Å². The van der Waals surface area contributed by atoms with E-state index in [1.807, 2.05) is 0 Å². The van der Waals surface area contributed by atoms with Crippen LogP contribution in [0.15, 0.2) is 24.3 Å². The maximum Gasteiger partial charge on any atom is 0.171 e. The highest BCUT2D eigenvalue weighted by atomic mass is 16.7. The minimum Gasteiger partial charge on any atom is -0.393 e. The van der Waals surface area contributed by atoms with Crippen molar-refractivity contribution < 1.29 is 19.7 Å². The fourth-order valence-electron chi connectivity index (χ4n) is 9.70. The summed E-state index contributed by atoms with van der Waals surface area (Å²) < 4.78 is 12.9. The molecule has 8 atom stereocenters. The number of aliphatic hydroxyl groups excluding tert-OH is 1. The molecule has 2 aliphatic heterocycles. The van der Waals surface area contributed by atoms with Crippen LogP contribution in [0.4, 0.5) is 5.69 Å². The highest BCUT2D eigenvalue weighted by Crippen LogP contribution is 2.71. The summed E-state index contributed by atoms with van der Waals surface area (Å²) in [6, 6.07) is 8.75. The van der Waals surface area contributed by atoms with Crippen molar-refractivity contribution in [1.82, 2.24) is 0 Å². The summed E-state index contributed by atoms with van der Waals surface area (Å²) in [5, 5.41) is 27.7. The van der Waals surface area contributed by atoms with Crippen molar-refractivity contribution in [1.29, 1.82) is 0 Å². The van der Waals surface area contributed by atoms with Crippen LogP contribution in [0, 0.1) is 28.6 Å². The molecule has 5 fully saturated rings. The summed E-state index contributed by atoms with van der Waals surface area (Å²) in [7, 11) is 0. The minimum atomic E-state index is -0.870. The molecule has 3 N–H and O–H groups in total. The van der Waals surface area contributed by atoms with Gasteiger partial charge in [0.2, 0.25) is 0 Å². The lowest BCUT2D eigenvalue weighted by Crippen LogP contribution is -2.76.